The number of rotatable bonds is 1. The lowest BCUT2D eigenvalue weighted by atomic mass is 10.0. The molecule has 3 nitrogen and oxygen atoms in total. The Morgan fingerprint density at radius 3 is 2.64 bits per heavy atom. The molecule has 126 valence electrons. The number of H-pyrrole nitrogens is 1. The maximum absolute atomic E-state index is 13.0. The molecule has 3 aromatic rings. The van der Waals surface area contributed by atoms with Crippen molar-refractivity contribution in [3.8, 4) is 11.3 Å². The summed E-state index contributed by atoms with van der Waals surface area (Å²) in [6.07, 6.45) is -2.74. The quantitative estimate of drug-likeness (QED) is 0.643. The van der Waals surface area contributed by atoms with Gasteiger partial charge in [-0.25, -0.2) is 0 Å². The molecule has 25 heavy (non-hydrogen) atoms. The van der Waals surface area contributed by atoms with Crippen LogP contribution in [0.4, 0.5) is 18.9 Å². The summed E-state index contributed by atoms with van der Waals surface area (Å²) in [4.78, 5) is 15.4. The lowest BCUT2D eigenvalue weighted by Gasteiger charge is -2.08. The summed E-state index contributed by atoms with van der Waals surface area (Å²) in [7, 11) is 0. The van der Waals surface area contributed by atoms with Crippen LogP contribution in [0.15, 0.2) is 43.0 Å². The molecule has 0 bridgehead atoms. The second kappa shape index (κ2) is 5.24. The van der Waals surface area contributed by atoms with Crippen molar-refractivity contribution in [1.29, 1.82) is 0 Å². The number of halogens is 3. The number of amides is 1. The molecule has 1 aromatic heterocycles. The highest BCUT2D eigenvalue weighted by Crippen LogP contribution is 2.40. The number of hydrogen-bond donors (Lipinski definition) is 2. The predicted octanol–water partition coefficient (Wildman–Crippen LogP) is 4.99. The molecular weight excluding hydrogens is 329 g/mol. The largest absolute Gasteiger partial charge is 0.416 e. The topological polar surface area (TPSA) is 44.9 Å². The summed E-state index contributed by atoms with van der Waals surface area (Å²) < 4.78 is 39.1. The number of anilines is 1. The van der Waals surface area contributed by atoms with Crippen LogP contribution in [0.5, 0.6) is 0 Å². The average molecular weight is 342 g/mol. The van der Waals surface area contributed by atoms with Gasteiger partial charge in [-0.1, -0.05) is 18.7 Å². The van der Waals surface area contributed by atoms with Crippen LogP contribution in [-0.4, -0.2) is 10.9 Å². The van der Waals surface area contributed by atoms with Crippen LogP contribution in [0.1, 0.15) is 16.7 Å². The van der Waals surface area contributed by atoms with E-state index in [-0.39, 0.29) is 12.3 Å². The molecule has 2 aromatic carbocycles. The lowest BCUT2D eigenvalue weighted by Crippen LogP contribution is -2.12. The highest BCUT2D eigenvalue weighted by molar-refractivity contribution is 6.05. The Hall–Kier alpha value is -3.02. The van der Waals surface area contributed by atoms with Crippen LogP contribution < -0.4 is 5.32 Å². The summed E-state index contributed by atoms with van der Waals surface area (Å²) in [5, 5.41) is 3.21. The maximum Gasteiger partial charge on any atom is 0.416 e. The number of fused-ring (bicyclic) bond motifs is 5. The van der Waals surface area contributed by atoms with Crippen LogP contribution >= 0.6 is 0 Å². The number of hydrogen-bond acceptors (Lipinski definition) is 1. The van der Waals surface area contributed by atoms with Gasteiger partial charge in [0.1, 0.15) is 0 Å². The SMILES string of the molecule is C=Cc1ccc2c(c1)-c1[nH]c3ccc(C(F)(F)F)cc3c1CC(=O)N2. The molecule has 6 heteroatoms. The Labute approximate surface area is 141 Å². The van der Waals surface area contributed by atoms with Crippen molar-refractivity contribution >= 4 is 28.6 Å². The van der Waals surface area contributed by atoms with E-state index >= 15 is 0 Å². The van der Waals surface area contributed by atoms with E-state index in [1.54, 1.807) is 12.1 Å². The number of aromatic nitrogens is 1. The summed E-state index contributed by atoms with van der Waals surface area (Å²) in [6, 6.07) is 8.99. The number of benzene rings is 2. The van der Waals surface area contributed by atoms with Gasteiger partial charge in [-0.05, 0) is 41.5 Å². The normalized spacial score (nSPS) is 13.8. The van der Waals surface area contributed by atoms with E-state index in [1.807, 2.05) is 12.1 Å². The Morgan fingerprint density at radius 1 is 1.12 bits per heavy atom. The third-order valence-corrected chi connectivity index (χ3v) is 4.39. The highest BCUT2D eigenvalue weighted by atomic mass is 19.4. The maximum atomic E-state index is 13.0. The summed E-state index contributed by atoms with van der Waals surface area (Å²) in [6.45, 7) is 3.73. The molecule has 0 atom stereocenters. The lowest BCUT2D eigenvalue weighted by molar-refractivity contribution is -0.137. The molecule has 0 spiro atoms. The first-order chi connectivity index (χ1) is 11.9. The van der Waals surface area contributed by atoms with Gasteiger partial charge in [-0.3, -0.25) is 4.79 Å². The standard InChI is InChI=1S/C19H13F3N2O/c1-2-10-3-5-16-14(7-10)18-13(9-17(25)23-16)12-8-11(19(20,21)22)4-6-15(12)24-18/h2-8,24H,1,9H2,(H,23,25). The number of nitrogens with one attached hydrogen (secondary N) is 2. The van der Waals surface area contributed by atoms with Crippen LogP contribution in [0.25, 0.3) is 28.2 Å². The molecule has 0 aliphatic carbocycles. The minimum atomic E-state index is -4.43. The zero-order valence-corrected chi connectivity index (χ0v) is 13.0. The van der Waals surface area contributed by atoms with Crippen LogP contribution in [-0.2, 0) is 17.4 Å². The van der Waals surface area contributed by atoms with Gasteiger partial charge >= 0.3 is 6.18 Å². The van der Waals surface area contributed by atoms with E-state index < -0.39 is 11.7 Å². The van der Waals surface area contributed by atoms with Crippen molar-refractivity contribution in [2.75, 3.05) is 5.32 Å². The highest BCUT2D eigenvalue weighted by Gasteiger charge is 2.32. The smallest absolute Gasteiger partial charge is 0.354 e. The van der Waals surface area contributed by atoms with Crippen LogP contribution in [0.2, 0.25) is 0 Å². The molecule has 0 saturated heterocycles. The summed E-state index contributed by atoms with van der Waals surface area (Å²) >= 11 is 0. The third kappa shape index (κ3) is 2.50. The molecule has 0 radical (unpaired) electrons. The molecule has 0 unspecified atom stereocenters. The van der Waals surface area contributed by atoms with Gasteiger partial charge in [0.25, 0.3) is 0 Å². The minimum Gasteiger partial charge on any atom is -0.354 e. The van der Waals surface area contributed by atoms with Crippen molar-refractivity contribution < 1.29 is 18.0 Å². The second-order valence-electron chi connectivity index (χ2n) is 5.97. The van der Waals surface area contributed by atoms with E-state index in [9.17, 15) is 18.0 Å². The number of carbonyl (C=O) groups excluding carboxylic acids is 1. The fraction of sp³-hybridized carbons (Fsp3) is 0.105. The minimum absolute atomic E-state index is 0.00868. The Kier molecular flexibility index (Phi) is 3.25. The van der Waals surface area contributed by atoms with Crippen LogP contribution in [0.3, 0.4) is 0 Å². The van der Waals surface area contributed by atoms with Crippen molar-refractivity contribution in [1.82, 2.24) is 4.98 Å². The summed E-state index contributed by atoms with van der Waals surface area (Å²) in [5.74, 6) is -0.260. The van der Waals surface area contributed by atoms with Crippen molar-refractivity contribution in [2.24, 2.45) is 0 Å². The van der Waals surface area contributed by atoms with Gasteiger partial charge in [0.15, 0.2) is 0 Å². The predicted molar refractivity (Wildman–Crippen MR) is 91.2 cm³/mol. The monoisotopic (exact) mass is 342 g/mol. The zero-order chi connectivity index (χ0) is 17.8. The fourth-order valence-electron chi connectivity index (χ4n) is 3.20. The molecule has 1 aliphatic heterocycles. The molecule has 4 rings (SSSR count). The number of aromatic amines is 1. The molecule has 2 N–H and O–H groups in total. The molecular formula is C19H13F3N2O. The van der Waals surface area contributed by atoms with E-state index in [4.69, 9.17) is 0 Å². The molecule has 1 amide bonds. The first-order valence-corrected chi connectivity index (χ1v) is 7.65. The number of alkyl halides is 3. The zero-order valence-electron chi connectivity index (χ0n) is 13.0. The van der Waals surface area contributed by atoms with Crippen molar-refractivity contribution in [3.63, 3.8) is 0 Å². The van der Waals surface area contributed by atoms with Gasteiger partial charge in [0.2, 0.25) is 5.91 Å². The second-order valence-corrected chi connectivity index (χ2v) is 5.97. The molecule has 0 fully saturated rings. The van der Waals surface area contributed by atoms with Gasteiger partial charge < -0.3 is 10.3 Å². The Bertz CT molecular complexity index is 1030. The van der Waals surface area contributed by atoms with Gasteiger partial charge in [0.05, 0.1) is 23.4 Å². The average Bonchev–Trinajstić information content (AvgIpc) is 2.85. The van der Waals surface area contributed by atoms with Crippen LogP contribution in [0, 0.1) is 0 Å². The van der Waals surface area contributed by atoms with Gasteiger partial charge in [0, 0.05) is 16.5 Å². The fourth-order valence-corrected chi connectivity index (χ4v) is 3.20. The van der Waals surface area contributed by atoms with Crippen molar-refractivity contribution in [2.45, 2.75) is 12.6 Å². The third-order valence-electron chi connectivity index (χ3n) is 4.39. The molecule has 0 saturated carbocycles. The Balaban J connectivity index is 2.02. The van der Waals surface area contributed by atoms with Crippen molar-refractivity contribution in [3.05, 3.63) is 59.7 Å². The number of carbonyl (C=O) groups is 1. The van der Waals surface area contributed by atoms with Gasteiger partial charge in [-0.15, -0.1) is 0 Å². The summed E-state index contributed by atoms with van der Waals surface area (Å²) in [5.41, 5.74) is 3.29. The first-order valence-electron chi connectivity index (χ1n) is 7.65. The van der Waals surface area contributed by atoms with E-state index in [0.29, 0.717) is 27.8 Å². The first kappa shape index (κ1) is 15.5. The molecule has 2 heterocycles. The molecule has 1 aliphatic rings. The van der Waals surface area contributed by atoms with Gasteiger partial charge in [-0.2, -0.15) is 13.2 Å². The van der Waals surface area contributed by atoms with E-state index in [2.05, 4.69) is 16.9 Å². The van der Waals surface area contributed by atoms with E-state index in [1.165, 1.54) is 6.07 Å². The Morgan fingerprint density at radius 2 is 1.92 bits per heavy atom. The van der Waals surface area contributed by atoms with E-state index in [0.717, 1.165) is 23.3 Å².